The standard InChI is InChI=1S/C9H21ClN2/c1-8(2)9(7-10)11-5-6-12(3)4/h8-9,11H,5-7H2,1-4H3. The molecule has 0 bridgehead atoms. The summed E-state index contributed by atoms with van der Waals surface area (Å²) in [4.78, 5) is 2.17. The number of nitrogens with zero attached hydrogens (tertiary/aromatic N) is 1. The molecule has 2 nitrogen and oxygen atoms in total. The molecule has 3 heteroatoms. The normalized spacial score (nSPS) is 14.2. The van der Waals surface area contributed by atoms with Crippen LogP contribution in [-0.2, 0) is 0 Å². The lowest BCUT2D eigenvalue weighted by atomic mass is 10.1. The zero-order valence-corrected chi connectivity index (χ0v) is 9.36. The summed E-state index contributed by atoms with van der Waals surface area (Å²) < 4.78 is 0. The van der Waals surface area contributed by atoms with E-state index in [0.29, 0.717) is 17.8 Å². The van der Waals surface area contributed by atoms with E-state index in [0.717, 1.165) is 13.1 Å². The van der Waals surface area contributed by atoms with Gasteiger partial charge in [-0.3, -0.25) is 0 Å². The van der Waals surface area contributed by atoms with Gasteiger partial charge in [-0.05, 0) is 20.0 Å². The van der Waals surface area contributed by atoms with Crippen molar-refractivity contribution in [2.24, 2.45) is 5.92 Å². The van der Waals surface area contributed by atoms with E-state index < -0.39 is 0 Å². The summed E-state index contributed by atoms with van der Waals surface area (Å²) in [6.45, 7) is 6.47. The quantitative estimate of drug-likeness (QED) is 0.641. The molecule has 0 aromatic carbocycles. The van der Waals surface area contributed by atoms with Crippen LogP contribution < -0.4 is 5.32 Å². The summed E-state index contributed by atoms with van der Waals surface area (Å²) in [5.74, 6) is 1.31. The average Bonchev–Trinajstić information content (AvgIpc) is 1.96. The van der Waals surface area contributed by atoms with Crippen molar-refractivity contribution in [3.8, 4) is 0 Å². The van der Waals surface area contributed by atoms with E-state index >= 15 is 0 Å². The lowest BCUT2D eigenvalue weighted by Gasteiger charge is -2.20. The van der Waals surface area contributed by atoms with E-state index in [1.54, 1.807) is 0 Å². The van der Waals surface area contributed by atoms with Crippen LogP contribution in [0, 0.1) is 5.92 Å². The Labute approximate surface area is 81.3 Å². The van der Waals surface area contributed by atoms with Crippen molar-refractivity contribution in [1.29, 1.82) is 0 Å². The van der Waals surface area contributed by atoms with Crippen LogP contribution in [0.2, 0.25) is 0 Å². The summed E-state index contributed by atoms with van der Waals surface area (Å²) in [6, 6.07) is 0.451. The van der Waals surface area contributed by atoms with Gasteiger partial charge < -0.3 is 10.2 Å². The van der Waals surface area contributed by atoms with Gasteiger partial charge >= 0.3 is 0 Å². The predicted octanol–water partition coefficient (Wildman–Crippen LogP) is 1.40. The molecule has 12 heavy (non-hydrogen) atoms. The Morgan fingerprint density at radius 2 is 1.92 bits per heavy atom. The van der Waals surface area contributed by atoms with Gasteiger partial charge in [-0.15, -0.1) is 11.6 Å². The smallest absolute Gasteiger partial charge is 0.0379 e. The van der Waals surface area contributed by atoms with Crippen molar-refractivity contribution in [2.45, 2.75) is 19.9 Å². The van der Waals surface area contributed by atoms with Crippen molar-refractivity contribution in [3.05, 3.63) is 0 Å². The number of likely N-dealkylation sites (N-methyl/N-ethyl adjacent to an activating group) is 1. The zero-order chi connectivity index (χ0) is 9.56. The maximum Gasteiger partial charge on any atom is 0.0379 e. The number of rotatable bonds is 6. The topological polar surface area (TPSA) is 15.3 Å². The molecule has 0 saturated heterocycles. The van der Waals surface area contributed by atoms with Gasteiger partial charge in [0.2, 0.25) is 0 Å². The van der Waals surface area contributed by atoms with Crippen LogP contribution in [0.3, 0.4) is 0 Å². The summed E-state index contributed by atoms with van der Waals surface area (Å²) in [6.07, 6.45) is 0. The summed E-state index contributed by atoms with van der Waals surface area (Å²) in [5.41, 5.74) is 0. The fraction of sp³-hybridized carbons (Fsp3) is 1.00. The highest BCUT2D eigenvalue weighted by Crippen LogP contribution is 2.02. The number of nitrogens with one attached hydrogen (secondary N) is 1. The van der Waals surface area contributed by atoms with Crippen LogP contribution in [0.1, 0.15) is 13.8 Å². The molecular weight excluding hydrogens is 172 g/mol. The van der Waals surface area contributed by atoms with Gasteiger partial charge in [-0.2, -0.15) is 0 Å². The van der Waals surface area contributed by atoms with E-state index in [9.17, 15) is 0 Å². The minimum atomic E-state index is 0.451. The predicted molar refractivity (Wildman–Crippen MR) is 55.9 cm³/mol. The van der Waals surface area contributed by atoms with Gasteiger partial charge in [0.25, 0.3) is 0 Å². The van der Waals surface area contributed by atoms with E-state index in [2.05, 4.69) is 38.2 Å². The first kappa shape index (κ1) is 12.2. The molecule has 0 aromatic rings. The molecule has 0 amide bonds. The third kappa shape index (κ3) is 5.81. The molecule has 1 atom stereocenters. The van der Waals surface area contributed by atoms with Crippen LogP contribution in [0.5, 0.6) is 0 Å². The highest BCUT2D eigenvalue weighted by Gasteiger charge is 2.09. The molecular formula is C9H21ClN2. The molecule has 0 heterocycles. The number of hydrogen-bond acceptors (Lipinski definition) is 2. The van der Waals surface area contributed by atoms with E-state index in [-0.39, 0.29) is 0 Å². The number of alkyl halides is 1. The molecule has 0 saturated carbocycles. The lowest BCUT2D eigenvalue weighted by molar-refractivity contribution is 0.363. The monoisotopic (exact) mass is 192 g/mol. The average molecular weight is 193 g/mol. The first-order valence-electron chi connectivity index (χ1n) is 4.52. The minimum absolute atomic E-state index is 0.451. The maximum absolute atomic E-state index is 5.80. The molecule has 0 radical (unpaired) electrons. The number of hydrogen-bond donors (Lipinski definition) is 1. The molecule has 1 unspecified atom stereocenters. The second kappa shape index (κ2) is 6.70. The first-order chi connectivity index (χ1) is 5.57. The van der Waals surface area contributed by atoms with Crippen molar-refractivity contribution >= 4 is 11.6 Å². The van der Waals surface area contributed by atoms with Crippen molar-refractivity contribution < 1.29 is 0 Å². The highest BCUT2D eigenvalue weighted by atomic mass is 35.5. The molecule has 0 aliphatic rings. The highest BCUT2D eigenvalue weighted by molar-refractivity contribution is 6.18. The Bertz CT molecular complexity index is 105. The Kier molecular flexibility index (Phi) is 6.81. The van der Waals surface area contributed by atoms with Crippen LogP contribution >= 0.6 is 11.6 Å². The van der Waals surface area contributed by atoms with Crippen LogP contribution in [0.25, 0.3) is 0 Å². The Balaban J connectivity index is 3.45. The third-order valence-electron chi connectivity index (χ3n) is 1.94. The zero-order valence-electron chi connectivity index (χ0n) is 8.60. The van der Waals surface area contributed by atoms with Gasteiger partial charge in [-0.1, -0.05) is 13.8 Å². The molecule has 0 rings (SSSR count). The van der Waals surface area contributed by atoms with E-state index in [1.165, 1.54) is 0 Å². The van der Waals surface area contributed by atoms with Gasteiger partial charge in [0.15, 0.2) is 0 Å². The Hall–Kier alpha value is 0.210. The van der Waals surface area contributed by atoms with Crippen LogP contribution in [-0.4, -0.2) is 44.0 Å². The van der Waals surface area contributed by atoms with Gasteiger partial charge in [-0.25, -0.2) is 0 Å². The second-order valence-corrected chi connectivity index (χ2v) is 4.07. The second-order valence-electron chi connectivity index (χ2n) is 3.76. The molecule has 0 aliphatic heterocycles. The molecule has 0 fully saturated rings. The Morgan fingerprint density at radius 1 is 1.33 bits per heavy atom. The van der Waals surface area contributed by atoms with Crippen molar-refractivity contribution in [2.75, 3.05) is 33.1 Å². The first-order valence-corrected chi connectivity index (χ1v) is 5.05. The third-order valence-corrected chi connectivity index (χ3v) is 2.27. The fourth-order valence-electron chi connectivity index (χ4n) is 0.942. The number of halogens is 1. The summed E-state index contributed by atoms with van der Waals surface area (Å²) in [5, 5.41) is 3.43. The SMILES string of the molecule is CC(C)C(CCl)NCCN(C)C. The molecule has 74 valence electrons. The van der Waals surface area contributed by atoms with Gasteiger partial charge in [0.1, 0.15) is 0 Å². The molecule has 1 N–H and O–H groups in total. The van der Waals surface area contributed by atoms with Crippen LogP contribution in [0.15, 0.2) is 0 Å². The van der Waals surface area contributed by atoms with Crippen molar-refractivity contribution in [3.63, 3.8) is 0 Å². The summed E-state index contributed by atoms with van der Waals surface area (Å²) >= 11 is 5.80. The fourth-order valence-corrected chi connectivity index (χ4v) is 1.41. The van der Waals surface area contributed by atoms with Gasteiger partial charge in [0.05, 0.1) is 0 Å². The van der Waals surface area contributed by atoms with E-state index in [4.69, 9.17) is 11.6 Å². The lowest BCUT2D eigenvalue weighted by Crippen LogP contribution is -2.39. The van der Waals surface area contributed by atoms with Gasteiger partial charge in [0, 0.05) is 25.0 Å². The molecule has 0 aromatic heterocycles. The minimum Gasteiger partial charge on any atom is -0.311 e. The molecule has 0 aliphatic carbocycles. The van der Waals surface area contributed by atoms with Crippen LogP contribution in [0.4, 0.5) is 0 Å². The van der Waals surface area contributed by atoms with E-state index in [1.807, 2.05) is 0 Å². The maximum atomic E-state index is 5.80. The Morgan fingerprint density at radius 3 is 2.25 bits per heavy atom. The van der Waals surface area contributed by atoms with Crippen molar-refractivity contribution in [1.82, 2.24) is 10.2 Å². The largest absolute Gasteiger partial charge is 0.311 e. The molecule has 0 spiro atoms. The summed E-state index contributed by atoms with van der Waals surface area (Å²) in [7, 11) is 4.15.